The van der Waals surface area contributed by atoms with Gasteiger partial charge in [0.25, 0.3) is 0 Å². The molecule has 1 atom stereocenters. The van der Waals surface area contributed by atoms with Crippen LogP contribution in [0.15, 0.2) is 15.9 Å². The van der Waals surface area contributed by atoms with Crippen molar-refractivity contribution in [2.45, 2.75) is 6.04 Å². The molecule has 1 unspecified atom stereocenters. The highest BCUT2D eigenvalue weighted by Gasteiger charge is 2.18. The van der Waals surface area contributed by atoms with Crippen LogP contribution in [0.4, 0.5) is 0 Å². The Balaban J connectivity index is 2.94. The van der Waals surface area contributed by atoms with Gasteiger partial charge in [-0.15, -0.1) is 11.3 Å². The SMILES string of the molecule is CNC(C(N)=O)c1sccc1Br. The summed E-state index contributed by atoms with van der Waals surface area (Å²) in [5.74, 6) is -0.361. The maximum absolute atomic E-state index is 10.9. The normalized spacial score (nSPS) is 12.8. The van der Waals surface area contributed by atoms with Crippen molar-refractivity contribution in [3.63, 3.8) is 0 Å². The van der Waals surface area contributed by atoms with Crippen molar-refractivity contribution >= 4 is 33.2 Å². The van der Waals surface area contributed by atoms with Crippen molar-refractivity contribution in [1.82, 2.24) is 5.32 Å². The van der Waals surface area contributed by atoms with Crippen LogP contribution in [0.25, 0.3) is 0 Å². The zero-order chi connectivity index (χ0) is 9.14. The zero-order valence-electron chi connectivity index (χ0n) is 6.50. The molecular formula is C7H9BrN2OS. The number of primary amides is 1. The number of amides is 1. The number of halogens is 1. The van der Waals surface area contributed by atoms with Crippen LogP contribution in [0, 0.1) is 0 Å². The molecule has 1 aromatic heterocycles. The zero-order valence-corrected chi connectivity index (χ0v) is 8.91. The number of thiophene rings is 1. The van der Waals surface area contributed by atoms with Gasteiger partial charge in [-0.05, 0) is 34.4 Å². The highest BCUT2D eigenvalue weighted by Crippen LogP contribution is 2.28. The van der Waals surface area contributed by atoms with Crippen molar-refractivity contribution in [2.24, 2.45) is 5.73 Å². The largest absolute Gasteiger partial charge is 0.368 e. The monoisotopic (exact) mass is 248 g/mol. The van der Waals surface area contributed by atoms with Gasteiger partial charge in [-0.1, -0.05) is 0 Å². The number of nitrogens with two attached hydrogens (primary N) is 1. The summed E-state index contributed by atoms with van der Waals surface area (Å²) >= 11 is 4.84. The molecule has 5 heteroatoms. The molecule has 1 heterocycles. The van der Waals surface area contributed by atoms with Crippen molar-refractivity contribution in [3.8, 4) is 0 Å². The minimum atomic E-state index is -0.389. The third-order valence-corrected chi connectivity index (χ3v) is 3.42. The Morgan fingerprint density at radius 3 is 2.83 bits per heavy atom. The maximum atomic E-state index is 10.9. The number of hydrogen-bond donors (Lipinski definition) is 2. The van der Waals surface area contributed by atoms with Gasteiger partial charge in [-0.2, -0.15) is 0 Å². The summed E-state index contributed by atoms with van der Waals surface area (Å²) in [6.45, 7) is 0. The number of carbonyl (C=O) groups excluding carboxylic acids is 1. The predicted octanol–water partition coefficient (Wildman–Crippen LogP) is 1.26. The predicted molar refractivity (Wildman–Crippen MR) is 53.0 cm³/mol. The highest BCUT2D eigenvalue weighted by molar-refractivity contribution is 9.10. The Morgan fingerprint density at radius 1 is 1.83 bits per heavy atom. The van der Waals surface area contributed by atoms with E-state index in [1.165, 1.54) is 11.3 Å². The fraction of sp³-hybridized carbons (Fsp3) is 0.286. The fourth-order valence-corrected chi connectivity index (χ4v) is 2.63. The molecule has 0 radical (unpaired) electrons. The number of hydrogen-bond acceptors (Lipinski definition) is 3. The lowest BCUT2D eigenvalue weighted by Gasteiger charge is -2.10. The van der Waals surface area contributed by atoms with Crippen LogP contribution in [0.5, 0.6) is 0 Å². The molecule has 1 aromatic rings. The summed E-state index contributed by atoms with van der Waals surface area (Å²) in [4.78, 5) is 11.8. The summed E-state index contributed by atoms with van der Waals surface area (Å²) in [6, 6.07) is 1.51. The van der Waals surface area contributed by atoms with Crippen LogP contribution in [0.1, 0.15) is 10.9 Å². The van der Waals surface area contributed by atoms with E-state index in [4.69, 9.17) is 5.73 Å². The summed E-state index contributed by atoms with van der Waals surface area (Å²) < 4.78 is 0.922. The van der Waals surface area contributed by atoms with E-state index < -0.39 is 0 Å². The van der Waals surface area contributed by atoms with E-state index in [1.807, 2.05) is 11.4 Å². The van der Waals surface area contributed by atoms with Gasteiger partial charge in [-0.25, -0.2) is 0 Å². The number of likely N-dealkylation sites (N-methyl/N-ethyl adjacent to an activating group) is 1. The first-order valence-electron chi connectivity index (χ1n) is 3.36. The first-order valence-corrected chi connectivity index (χ1v) is 5.03. The molecule has 1 rings (SSSR count). The Labute approximate surface area is 83.1 Å². The van der Waals surface area contributed by atoms with E-state index in [0.29, 0.717) is 0 Å². The second-order valence-electron chi connectivity index (χ2n) is 2.26. The van der Waals surface area contributed by atoms with Gasteiger partial charge in [0.2, 0.25) is 5.91 Å². The average Bonchev–Trinajstić information content (AvgIpc) is 2.38. The van der Waals surface area contributed by atoms with Crippen LogP contribution in [-0.2, 0) is 4.79 Å². The van der Waals surface area contributed by atoms with E-state index in [0.717, 1.165) is 9.35 Å². The highest BCUT2D eigenvalue weighted by atomic mass is 79.9. The summed E-state index contributed by atoms with van der Waals surface area (Å²) in [7, 11) is 1.71. The smallest absolute Gasteiger partial charge is 0.240 e. The van der Waals surface area contributed by atoms with E-state index in [2.05, 4.69) is 21.2 Å². The van der Waals surface area contributed by atoms with Crippen LogP contribution in [0.3, 0.4) is 0 Å². The van der Waals surface area contributed by atoms with E-state index in [9.17, 15) is 4.79 Å². The van der Waals surface area contributed by atoms with Crippen molar-refractivity contribution in [3.05, 3.63) is 20.8 Å². The quantitative estimate of drug-likeness (QED) is 0.847. The van der Waals surface area contributed by atoms with Crippen LogP contribution >= 0.6 is 27.3 Å². The lowest BCUT2D eigenvalue weighted by molar-refractivity contribution is -0.119. The van der Waals surface area contributed by atoms with Gasteiger partial charge in [0, 0.05) is 9.35 Å². The topological polar surface area (TPSA) is 55.1 Å². The molecule has 0 aliphatic carbocycles. The van der Waals surface area contributed by atoms with Gasteiger partial charge in [0.15, 0.2) is 0 Å². The molecule has 0 spiro atoms. The molecule has 0 fully saturated rings. The molecule has 66 valence electrons. The lowest BCUT2D eigenvalue weighted by atomic mass is 10.2. The van der Waals surface area contributed by atoms with E-state index in [-0.39, 0.29) is 11.9 Å². The minimum Gasteiger partial charge on any atom is -0.368 e. The van der Waals surface area contributed by atoms with Gasteiger partial charge in [-0.3, -0.25) is 4.79 Å². The standard InChI is InChI=1S/C7H9BrN2OS/c1-10-5(7(9)11)6-4(8)2-3-12-6/h2-3,5,10H,1H3,(H2,9,11). The van der Waals surface area contributed by atoms with Gasteiger partial charge >= 0.3 is 0 Å². The molecular weight excluding hydrogens is 240 g/mol. The van der Waals surface area contributed by atoms with Gasteiger partial charge in [0.05, 0.1) is 0 Å². The van der Waals surface area contributed by atoms with Crippen LogP contribution in [0.2, 0.25) is 0 Å². The molecule has 3 N–H and O–H groups in total. The molecule has 0 bridgehead atoms. The molecule has 0 saturated carbocycles. The van der Waals surface area contributed by atoms with Crippen molar-refractivity contribution in [2.75, 3.05) is 7.05 Å². The molecule has 0 saturated heterocycles. The Hall–Kier alpha value is -0.390. The molecule has 0 aliphatic rings. The summed E-state index contributed by atoms with van der Waals surface area (Å²) in [6.07, 6.45) is 0. The molecule has 3 nitrogen and oxygen atoms in total. The summed E-state index contributed by atoms with van der Waals surface area (Å²) in [5.41, 5.74) is 5.19. The third-order valence-electron chi connectivity index (χ3n) is 1.48. The van der Waals surface area contributed by atoms with Crippen molar-refractivity contribution in [1.29, 1.82) is 0 Å². The molecule has 0 aliphatic heterocycles. The first-order chi connectivity index (χ1) is 5.66. The molecule has 0 aromatic carbocycles. The Kier molecular flexibility index (Phi) is 3.25. The minimum absolute atomic E-state index is 0.361. The third kappa shape index (κ3) is 1.85. The number of carbonyl (C=O) groups is 1. The average molecular weight is 249 g/mol. The maximum Gasteiger partial charge on any atom is 0.240 e. The number of nitrogens with one attached hydrogen (secondary N) is 1. The van der Waals surface area contributed by atoms with Crippen molar-refractivity contribution < 1.29 is 4.79 Å². The second kappa shape index (κ2) is 4.02. The van der Waals surface area contributed by atoms with Gasteiger partial charge < -0.3 is 11.1 Å². The van der Waals surface area contributed by atoms with Crippen LogP contribution in [-0.4, -0.2) is 13.0 Å². The first kappa shape index (κ1) is 9.70. The van der Waals surface area contributed by atoms with E-state index in [1.54, 1.807) is 7.05 Å². The Bertz CT molecular complexity index is 287. The number of rotatable bonds is 3. The van der Waals surface area contributed by atoms with E-state index >= 15 is 0 Å². The summed E-state index contributed by atoms with van der Waals surface area (Å²) in [5, 5.41) is 4.76. The van der Waals surface area contributed by atoms with Crippen LogP contribution < -0.4 is 11.1 Å². The second-order valence-corrected chi connectivity index (χ2v) is 4.06. The molecule has 12 heavy (non-hydrogen) atoms. The fourth-order valence-electron chi connectivity index (χ4n) is 0.914. The molecule has 1 amide bonds. The lowest BCUT2D eigenvalue weighted by Crippen LogP contribution is -2.30. The Morgan fingerprint density at radius 2 is 2.50 bits per heavy atom. The van der Waals surface area contributed by atoms with Gasteiger partial charge in [0.1, 0.15) is 6.04 Å².